The number of hydrogen-bond acceptors (Lipinski definition) is 4. The van der Waals surface area contributed by atoms with Crippen LogP contribution >= 0.6 is 0 Å². The number of nitrogens with two attached hydrogens (primary N) is 1. The molecule has 1 unspecified atom stereocenters. The number of pyridine rings is 1. The van der Waals surface area contributed by atoms with Crippen molar-refractivity contribution in [3.63, 3.8) is 0 Å². The van der Waals surface area contributed by atoms with E-state index in [1.807, 2.05) is 18.3 Å². The van der Waals surface area contributed by atoms with Crippen LogP contribution in [0.3, 0.4) is 0 Å². The van der Waals surface area contributed by atoms with E-state index in [0.717, 1.165) is 30.1 Å². The number of aryl methyl sites for hydroxylation is 1. The van der Waals surface area contributed by atoms with Gasteiger partial charge < -0.3 is 5.73 Å². The topological polar surface area (TPSA) is 64.7 Å². The predicted molar refractivity (Wildman–Crippen MR) is 74.9 cm³/mol. The van der Waals surface area contributed by atoms with Gasteiger partial charge in [-0.15, -0.1) is 0 Å². The molecule has 1 atom stereocenters. The Labute approximate surface area is 113 Å². The lowest BCUT2D eigenvalue weighted by atomic mass is 10.0. The first-order chi connectivity index (χ1) is 9.15. The third kappa shape index (κ3) is 2.18. The first kappa shape index (κ1) is 12.1. The number of rotatable bonds is 2. The van der Waals surface area contributed by atoms with Gasteiger partial charge in [-0.1, -0.05) is 19.9 Å². The molecule has 2 aromatic heterocycles. The van der Waals surface area contributed by atoms with E-state index in [0.29, 0.717) is 5.82 Å². The summed E-state index contributed by atoms with van der Waals surface area (Å²) in [6, 6.07) is 6.03. The maximum absolute atomic E-state index is 5.91. The van der Waals surface area contributed by atoms with Crippen molar-refractivity contribution in [2.75, 3.05) is 5.73 Å². The molecular formula is C15H18N4. The number of hydrogen-bond donors (Lipinski definition) is 1. The fourth-order valence-electron chi connectivity index (χ4n) is 2.64. The second kappa shape index (κ2) is 4.61. The smallest absolute Gasteiger partial charge is 0.133 e. The molecule has 0 saturated carbocycles. The molecular weight excluding hydrogens is 236 g/mol. The van der Waals surface area contributed by atoms with Crippen LogP contribution in [0.4, 0.5) is 5.82 Å². The van der Waals surface area contributed by atoms with E-state index >= 15 is 0 Å². The third-order valence-electron chi connectivity index (χ3n) is 3.62. The summed E-state index contributed by atoms with van der Waals surface area (Å²) < 4.78 is 0. The van der Waals surface area contributed by atoms with Crippen LogP contribution < -0.4 is 5.73 Å². The molecule has 4 nitrogen and oxygen atoms in total. The number of fused-ring (bicyclic) bond motifs is 1. The largest absolute Gasteiger partial charge is 0.384 e. The van der Waals surface area contributed by atoms with Gasteiger partial charge in [-0.3, -0.25) is 4.98 Å². The fourth-order valence-corrected chi connectivity index (χ4v) is 2.64. The van der Waals surface area contributed by atoms with Crippen molar-refractivity contribution in [3.05, 3.63) is 47.2 Å². The van der Waals surface area contributed by atoms with E-state index in [1.54, 1.807) is 0 Å². The molecule has 0 amide bonds. The molecule has 2 heterocycles. The average Bonchev–Trinajstić information content (AvgIpc) is 2.81. The number of aromatic nitrogens is 3. The SMILES string of the molecule is CC(C)c1nc(N)cc(C2CCc3cccnc32)n1. The van der Waals surface area contributed by atoms with Gasteiger partial charge in [0.25, 0.3) is 0 Å². The van der Waals surface area contributed by atoms with Crippen molar-refractivity contribution in [2.24, 2.45) is 0 Å². The second-order valence-corrected chi connectivity index (χ2v) is 5.37. The lowest BCUT2D eigenvalue weighted by Crippen LogP contribution is -2.08. The van der Waals surface area contributed by atoms with Gasteiger partial charge in [-0.2, -0.15) is 0 Å². The lowest BCUT2D eigenvalue weighted by molar-refractivity contribution is 0.705. The molecule has 2 aromatic rings. The first-order valence-corrected chi connectivity index (χ1v) is 6.73. The molecule has 0 saturated heterocycles. The third-order valence-corrected chi connectivity index (χ3v) is 3.62. The average molecular weight is 254 g/mol. The summed E-state index contributed by atoms with van der Waals surface area (Å²) in [6.45, 7) is 4.17. The number of nitrogens with zero attached hydrogens (tertiary/aromatic N) is 3. The van der Waals surface area contributed by atoms with Crippen LogP contribution in [0.25, 0.3) is 0 Å². The van der Waals surface area contributed by atoms with Gasteiger partial charge in [0.2, 0.25) is 0 Å². The Bertz CT molecular complexity index is 607. The zero-order chi connectivity index (χ0) is 13.4. The molecule has 19 heavy (non-hydrogen) atoms. The Hall–Kier alpha value is -1.97. The highest BCUT2D eigenvalue weighted by molar-refractivity contribution is 5.39. The minimum Gasteiger partial charge on any atom is -0.384 e. The van der Waals surface area contributed by atoms with E-state index < -0.39 is 0 Å². The zero-order valence-electron chi connectivity index (χ0n) is 11.3. The molecule has 3 rings (SSSR count). The van der Waals surface area contributed by atoms with Crippen molar-refractivity contribution in [1.82, 2.24) is 15.0 Å². The Balaban J connectivity index is 2.04. The monoisotopic (exact) mass is 254 g/mol. The van der Waals surface area contributed by atoms with Gasteiger partial charge >= 0.3 is 0 Å². The summed E-state index contributed by atoms with van der Waals surface area (Å²) in [5, 5.41) is 0. The molecule has 0 spiro atoms. The fraction of sp³-hybridized carbons (Fsp3) is 0.400. The predicted octanol–water partition coefficient (Wildman–Crippen LogP) is 2.66. The van der Waals surface area contributed by atoms with E-state index in [1.165, 1.54) is 5.56 Å². The summed E-state index contributed by atoms with van der Waals surface area (Å²) in [6.07, 6.45) is 3.97. The molecule has 1 aliphatic rings. The van der Waals surface area contributed by atoms with E-state index in [-0.39, 0.29) is 11.8 Å². The van der Waals surface area contributed by atoms with Gasteiger partial charge in [0.15, 0.2) is 0 Å². The summed E-state index contributed by atoms with van der Waals surface area (Å²) in [5.41, 5.74) is 9.40. The Morgan fingerprint density at radius 1 is 1.32 bits per heavy atom. The second-order valence-electron chi connectivity index (χ2n) is 5.37. The summed E-state index contributed by atoms with van der Waals surface area (Å²) >= 11 is 0. The molecule has 4 heteroatoms. The van der Waals surface area contributed by atoms with Crippen LogP contribution in [0.1, 0.15) is 54.9 Å². The van der Waals surface area contributed by atoms with Crippen LogP contribution in [0.5, 0.6) is 0 Å². The highest BCUT2D eigenvalue weighted by atomic mass is 15.0. The van der Waals surface area contributed by atoms with Crippen LogP contribution in [-0.4, -0.2) is 15.0 Å². The molecule has 0 aromatic carbocycles. The van der Waals surface area contributed by atoms with E-state index in [9.17, 15) is 0 Å². The van der Waals surface area contributed by atoms with Crippen molar-refractivity contribution < 1.29 is 0 Å². The highest BCUT2D eigenvalue weighted by Gasteiger charge is 2.27. The molecule has 1 aliphatic carbocycles. The van der Waals surface area contributed by atoms with Crippen molar-refractivity contribution in [2.45, 2.75) is 38.5 Å². The van der Waals surface area contributed by atoms with Crippen molar-refractivity contribution >= 4 is 5.82 Å². The zero-order valence-corrected chi connectivity index (χ0v) is 11.3. The lowest BCUT2D eigenvalue weighted by Gasteiger charge is -2.13. The van der Waals surface area contributed by atoms with Gasteiger partial charge in [-0.05, 0) is 24.5 Å². The summed E-state index contributed by atoms with van der Waals surface area (Å²) in [4.78, 5) is 13.5. The molecule has 2 N–H and O–H groups in total. The normalized spacial score (nSPS) is 17.7. The first-order valence-electron chi connectivity index (χ1n) is 6.73. The van der Waals surface area contributed by atoms with Gasteiger partial charge in [0, 0.05) is 24.1 Å². The van der Waals surface area contributed by atoms with E-state index in [4.69, 9.17) is 5.73 Å². The molecule has 0 fully saturated rings. The minimum absolute atomic E-state index is 0.263. The van der Waals surface area contributed by atoms with Crippen LogP contribution in [0, 0.1) is 0 Å². The molecule has 0 bridgehead atoms. The maximum Gasteiger partial charge on any atom is 0.133 e. The highest BCUT2D eigenvalue weighted by Crippen LogP contribution is 2.36. The summed E-state index contributed by atoms with van der Waals surface area (Å²) in [5.74, 6) is 1.92. The minimum atomic E-state index is 0.263. The summed E-state index contributed by atoms with van der Waals surface area (Å²) in [7, 11) is 0. The van der Waals surface area contributed by atoms with Crippen molar-refractivity contribution in [3.8, 4) is 0 Å². The Morgan fingerprint density at radius 3 is 2.95 bits per heavy atom. The number of anilines is 1. The van der Waals surface area contributed by atoms with Gasteiger partial charge in [0.1, 0.15) is 11.6 Å². The molecule has 98 valence electrons. The van der Waals surface area contributed by atoms with Crippen LogP contribution in [0.2, 0.25) is 0 Å². The quantitative estimate of drug-likeness (QED) is 0.894. The Morgan fingerprint density at radius 2 is 2.16 bits per heavy atom. The molecule has 0 aliphatic heterocycles. The number of nitrogen functional groups attached to an aromatic ring is 1. The van der Waals surface area contributed by atoms with Crippen LogP contribution in [0.15, 0.2) is 24.4 Å². The maximum atomic E-state index is 5.91. The van der Waals surface area contributed by atoms with Gasteiger partial charge in [0.05, 0.1) is 11.4 Å². The van der Waals surface area contributed by atoms with E-state index in [2.05, 4.69) is 34.9 Å². The Kier molecular flexibility index (Phi) is 2.93. The molecule has 0 radical (unpaired) electrons. The van der Waals surface area contributed by atoms with Gasteiger partial charge in [-0.25, -0.2) is 9.97 Å². The standard InChI is InChI=1S/C15H18N4/c1-9(2)15-18-12(8-13(16)19-15)11-6-5-10-4-3-7-17-14(10)11/h3-4,7-9,11H,5-6H2,1-2H3,(H2,16,18,19). The van der Waals surface area contributed by atoms with Crippen LogP contribution in [-0.2, 0) is 6.42 Å². The van der Waals surface area contributed by atoms with Crippen molar-refractivity contribution in [1.29, 1.82) is 0 Å².